The van der Waals surface area contributed by atoms with Crippen LogP contribution in [0.1, 0.15) is 24.2 Å². The molecule has 0 aliphatic carbocycles. The van der Waals surface area contributed by atoms with E-state index in [0.717, 1.165) is 16.4 Å². The summed E-state index contributed by atoms with van der Waals surface area (Å²) in [6, 6.07) is 9.80. The molecule has 1 heterocycles. The highest BCUT2D eigenvalue weighted by molar-refractivity contribution is 6.30. The van der Waals surface area contributed by atoms with Gasteiger partial charge in [0.15, 0.2) is 5.69 Å². The van der Waals surface area contributed by atoms with Gasteiger partial charge in [-0.05, 0) is 24.6 Å². The predicted octanol–water partition coefficient (Wildman–Crippen LogP) is 3.20. The zero-order valence-corrected chi connectivity index (χ0v) is 11.5. The van der Waals surface area contributed by atoms with Crippen LogP contribution in [0.2, 0.25) is 5.02 Å². The molecule has 0 aliphatic heterocycles. The minimum absolute atomic E-state index is 0.138. The topological polar surface area (TPSA) is 52.8 Å². The van der Waals surface area contributed by atoms with Crippen LogP contribution < -0.4 is 4.90 Å². The van der Waals surface area contributed by atoms with Gasteiger partial charge >= 0.3 is 0 Å². The van der Waals surface area contributed by atoms with Gasteiger partial charge in [-0.15, -0.1) is 0 Å². The van der Waals surface area contributed by atoms with Crippen LogP contribution in [-0.2, 0) is 0 Å². The molecule has 0 radical (unpaired) electrons. The van der Waals surface area contributed by atoms with Crippen molar-refractivity contribution in [2.24, 2.45) is 0 Å². The average Bonchev–Trinajstić information content (AvgIpc) is 2.46. The second kappa shape index (κ2) is 5.68. The predicted molar refractivity (Wildman–Crippen MR) is 75.0 cm³/mol. The largest absolute Gasteiger partial charge is 0.352 e. The SMILES string of the molecule is CC(c1ccc(Cl)cc1)N(C)c1cnc(C#N)cn1. The standard InChI is InChI=1S/C14H13ClN4/c1-10(11-3-5-12(15)6-4-11)19(2)14-9-17-13(7-16)8-18-14/h3-6,8-10H,1-2H3. The molecule has 1 aromatic heterocycles. The van der Waals surface area contributed by atoms with Crippen LogP contribution in [0.25, 0.3) is 0 Å². The van der Waals surface area contributed by atoms with Gasteiger partial charge in [-0.25, -0.2) is 9.97 Å². The summed E-state index contributed by atoms with van der Waals surface area (Å²) in [7, 11) is 1.94. The Morgan fingerprint density at radius 3 is 2.42 bits per heavy atom. The van der Waals surface area contributed by atoms with Crippen LogP contribution >= 0.6 is 11.6 Å². The van der Waals surface area contributed by atoms with Crippen molar-refractivity contribution < 1.29 is 0 Å². The van der Waals surface area contributed by atoms with Crippen molar-refractivity contribution in [1.29, 1.82) is 5.26 Å². The van der Waals surface area contributed by atoms with Crippen molar-refractivity contribution in [2.45, 2.75) is 13.0 Å². The highest BCUT2D eigenvalue weighted by Crippen LogP contribution is 2.24. The Hall–Kier alpha value is -2.12. The fraction of sp³-hybridized carbons (Fsp3) is 0.214. The lowest BCUT2D eigenvalue weighted by Gasteiger charge is -2.26. The first-order valence-corrected chi connectivity index (χ1v) is 6.20. The summed E-state index contributed by atoms with van der Waals surface area (Å²) in [5, 5.41) is 9.42. The molecule has 0 aliphatic rings. The zero-order valence-electron chi connectivity index (χ0n) is 10.7. The normalized spacial score (nSPS) is 11.7. The number of hydrogen-bond donors (Lipinski definition) is 0. The second-order valence-corrected chi connectivity index (χ2v) is 4.65. The summed E-state index contributed by atoms with van der Waals surface area (Å²) in [5.41, 5.74) is 1.45. The number of nitrogens with zero attached hydrogens (tertiary/aromatic N) is 4. The Labute approximate surface area is 117 Å². The summed E-state index contributed by atoms with van der Waals surface area (Å²) < 4.78 is 0. The van der Waals surface area contributed by atoms with Crippen molar-refractivity contribution in [3.63, 3.8) is 0 Å². The summed E-state index contributed by atoms with van der Waals surface area (Å²) in [6.07, 6.45) is 3.07. The fourth-order valence-electron chi connectivity index (χ4n) is 1.72. The zero-order chi connectivity index (χ0) is 13.8. The number of aromatic nitrogens is 2. The molecule has 0 saturated carbocycles. The first-order valence-electron chi connectivity index (χ1n) is 5.82. The molecule has 1 aromatic carbocycles. The van der Waals surface area contributed by atoms with Crippen molar-refractivity contribution in [2.75, 3.05) is 11.9 Å². The van der Waals surface area contributed by atoms with Crippen LogP contribution in [0.4, 0.5) is 5.82 Å². The van der Waals surface area contributed by atoms with Gasteiger partial charge in [0.25, 0.3) is 0 Å². The maximum absolute atomic E-state index is 8.70. The maximum Gasteiger partial charge on any atom is 0.158 e. The Morgan fingerprint density at radius 2 is 1.89 bits per heavy atom. The molecular weight excluding hydrogens is 260 g/mol. The second-order valence-electron chi connectivity index (χ2n) is 4.21. The van der Waals surface area contributed by atoms with Crippen LogP contribution in [0.5, 0.6) is 0 Å². The van der Waals surface area contributed by atoms with E-state index in [0.29, 0.717) is 5.69 Å². The highest BCUT2D eigenvalue weighted by atomic mass is 35.5. The third-order valence-electron chi connectivity index (χ3n) is 3.05. The van der Waals surface area contributed by atoms with Gasteiger partial charge < -0.3 is 4.90 Å². The van der Waals surface area contributed by atoms with Gasteiger partial charge in [0.2, 0.25) is 0 Å². The molecule has 1 atom stereocenters. The van der Waals surface area contributed by atoms with Gasteiger partial charge in [0, 0.05) is 12.1 Å². The number of nitriles is 1. The van der Waals surface area contributed by atoms with Crippen molar-refractivity contribution in [1.82, 2.24) is 9.97 Å². The number of hydrogen-bond acceptors (Lipinski definition) is 4. The average molecular weight is 273 g/mol. The summed E-state index contributed by atoms with van der Waals surface area (Å²) in [6.45, 7) is 2.07. The molecule has 0 amide bonds. The van der Waals surface area contributed by atoms with Gasteiger partial charge in [0.1, 0.15) is 11.9 Å². The Kier molecular flexibility index (Phi) is 3.98. The molecule has 5 heteroatoms. The molecule has 0 spiro atoms. The Morgan fingerprint density at radius 1 is 1.21 bits per heavy atom. The molecule has 0 fully saturated rings. The molecule has 0 saturated heterocycles. The Bertz CT molecular complexity index is 586. The molecule has 96 valence electrons. The molecule has 2 aromatic rings. The fourth-order valence-corrected chi connectivity index (χ4v) is 1.85. The number of benzene rings is 1. The van der Waals surface area contributed by atoms with Gasteiger partial charge in [-0.2, -0.15) is 5.26 Å². The first-order chi connectivity index (χ1) is 9.11. The minimum atomic E-state index is 0.138. The quantitative estimate of drug-likeness (QED) is 0.861. The minimum Gasteiger partial charge on any atom is -0.352 e. The monoisotopic (exact) mass is 272 g/mol. The number of rotatable bonds is 3. The van der Waals surface area contributed by atoms with Crippen molar-refractivity contribution in [3.05, 3.63) is 52.9 Å². The molecule has 4 nitrogen and oxygen atoms in total. The van der Waals surface area contributed by atoms with E-state index < -0.39 is 0 Å². The van der Waals surface area contributed by atoms with E-state index in [1.807, 2.05) is 42.3 Å². The summed E-state index contributed by atoms with van der Waals surface area (Å²) >= 11 is 5.88. The van der Waals surface area contributed by atoms with E-state index >= 15 is 0 Å². The lowest BCUT2D eigenvalue weighted by atomic mass is 10.1. The van der Waals surface area contributed by atoms with Crippen molar-refractivity contribution >= 4 is 17.4 Å². The smallest absolute Gasteiger partial charge is 0.158 e. The molecule has 2 rings (SSSR count). The van der Waals surface area contributed by atoms with Gasteiger partial charge in [0.05, 0.1) is 18.4 Å². The molecule has 1 unspecified atom stereocenters. The molecule has 0 bridgehead atoms. The summed E-state index contributed by atoms with van der Waals surface area (Å²) in [4.78, 5) is 10.2. The molecular formula is C14H13ClN4. The van der Waals surface area contributed by atoms with E-state index in [-0.39, 0.29) is 6.04 Å². The van der Waals surface area contributed by atoms with E-state index in [2.05, 4.69) is 16.9 Å². The van der Waals surface area contributed by atoms with Crippen molar-refractivity contribution in [3.8, 4) is 6.07 Å². The molecule has 0 N–H and O–H groups in total. The first kappa shape index (κ1) is 13.3. The van der Waals surface area contributed by atoms with Crippen LogP contribution in [0.3, 0.4) is 0 Å². The number of anilines is 1. The van der Waals surface area contributed by atoms with Crippen LogP contribution in [-0.4, -0.2) is 17.0 Å². The molecule has 19 heavy (non-hydrogen) atoms. The third kappa shape index (κ3) is 3.01. The lowest BCUT2D eigenvalue weighted by molar-refractivity contribution is 0.726. The number of halogens is 1. The van der Waals surface area contributed by atoms with E-state index in [4.69, 9.17) is 16.9 Å². The van der Waals surface area contributed by atoms with E-state index in [1.54, 1.807) is 6.20 Å². The van der Waals surface area contributed by atoms with Crippen LogP contribution in [0, 0.1) is 11.3 Å². The summed E-state index contributed by atoms with van der Waals surface area (Å²) in [5.74, 6) is 0.724. The lowest BCUT2D eigenvalue weighted by Crippen LogP contribution is -2.22. The third-order valence-corrected chi connectivity index (χ3v) is 3.30. The van der Waals surface area contributed by atoms with E-state index in [9.17, 15) is 0 Å². The van der Waals surface area contributed by atoms with Gasteiger partial charge in [-0.3, -0.25) is 0 Å². The Balaban J connectivity index is 2.20. The highest BCUT2D eigenvalue weighted by Gasteiger charge is 2.13. The van der Waals surface area contributed by atoms with Crippen LogP contribution in [0.15, 0.2) is 36.7 Å². The maximum atomic E-state index is 8.70. The van der Waals surface area contributed by atoms with Gasteiger partial charge in [-0.1, -0.05) is 23.7 Å². The van der Waals surface area contributed by atoms with E-state index in [1.165, 1.54) is 6.20 Å².